The lowest BCUT2D eigenvalue weighted by molar-refractivity contribution is -0.384. The van der Waals surface area contributed by atoms with Gasteiger partial charge in [-0.25, -0.2) is 9.96 Å². The summed E-state index contributed by atoms with van der Waals surface area (Å²) < 4.78 is 6.16. The number of amides is 2. The Morgan fingerprint density at radius 3 is 2.26 bits per heavy atom. The molecule has 38 heavy (non-hydrogen) atoms. The molecule has 6 rings (SSSR count). The summed E-state index contributed by atoms with van der Waals surface area (Å²) in [6.45, 7) is 0. The van der Waals surface area contributed by atoms with E-state index in [1.54, 1.807) is 48.5 Å². The Morgan fingerprint density at radius 2 is 1.58 bits per heavy atom. The zero-order valence-corrected chi connectivity index (χ0v) is 20.9. The van der Waals surface area contributed by atoms with Gasteiger partial charge in [-0.05, 0) is 54.6 Å². The van der Waals surface area contributed by atoms with Crippen molar-refractivity contribution in [2.24, 2.45) is 5.92 Å². The van der Waals surface area contributed by atoms with Crippen LogP contribution in [0.3, 0.4) is 0 Å². The maximum Gasteiger partial charge on any atom is 0.270 e. The van der Waals surface area contributed by atoms with E-state index >= 15 is 0 Å². The number of non-ortho nitro benzene ring substituents is 1. The average molecular weight is 550 g/mol. The minimum atomic E-state index is -1.07. The summed E-state index contributed by atoms with van der Waals surface area (Å²) >= 11 is 12.3. The van der Waals surface area contributed by atoms with Crippen LogP contribution in [0.15, 0.2) is 89.3 Å². The first kappa shape index (κ1) is 24.2. The molecule has 11 heteroatoms. The summed E-state index contributed by atoms with van der Waals surface area (Å²) in [5, 5.41) is 13.2. The number of benzene rings is 3. The molecular formula is C27H17Cl2N3O6. The molecular weight excluding hydrogens is 533 g/mol. The third-order valence-corrected chi connectivity index (χ3v) is 7.12. The maximum absolute atomic E-state index is 13.7. The number of nitro groups is 1. The fourth-order valence-electron chi connectivity index (χ4n) is 4.82. The molecule has 0 aliphatic carbocycles. The monoisotopic (exact) mass is 549 g/mol. The first-order valence-electron chi connectivity index (χ1n) is 11.5. The van der Waals surface area contributed by atoms with Crippen molar-refractivity contribution in [3.05, 3.63) is 111 Å². The molecule has 0 unspecified atom stereocenters. The number of halogens is 2. The molecule has 0 radical (unpaired) electrons. The van der Waals surface area contributed by atoms with Crippen LogP contribution in [0.4, 0.5) is 17.1 Å². The van der Waals surface area contributed by atoms with Gasteiger partial charge >= 0.3 is 0 Å². The highest BCUT2D eigenvalue weighted by Gasteiger charge is 2.61. The van der Waals surface area contributed by atoms with E-state index in [4.69, 9.17) is 32.5 Å². The van der Waals surface area contributed by atoms with E-state index < -0.39 is 34.8 Å². The third kappa shape index (κ3) is 3.92. The van der Waals surface area contributed by atoms with Gasteiger partial charge < -0.3 is 4.42 Å². The van der Waals surface area contributed by atoms with Crippen LogP contribution in [0.2, 0.25) is 10.0 Å². The lowest BCUT2D eigenvalue weighted by atomic mass is 9.94. The Hall–Kier alpha value is -4.18. The number of nitro benzene ring substituents is 1. The number of fused-ring (bicyclic) bond motifs is 1. The number of carbonyl (C=O) groups is 2. The second kappa shape index (κ2) is 9.29. The van der Waals surface area contributed by atoms with E-state index in [9.17, 15) is 19.7 Å². The van der Waals surface area contributed by atoms with Crippen LogP contribution in [0.1, 0.15) is 11.8 Å². The molecule has 3 atom stereocenters. The van der Waals surface area contributed by atoms with Crippen molar-refractivity contribution in [2.75, 3.05) is 9.96 Å². The van der Waals surface area contributed by atoms with Crippen molar-refractivity contribution >= 4 is 52.1 Å². The van der Waals surface area contributed by atoms with Gasteiger partial charge in [-0.3, -0.25) is 24.5 Å². The first-order valence-corrected chi connectivity index (χ1v) is 12.3. The zero-order chi connectivity index (χ0) is 26.6. The SMILES string of the molecule is O=C1[C@H]2[C@@H](c3ccc(-c4ccc([N+](=O)[O-])cc4Cl)o3)N(c3ccccc3)O[C@H]2C(=O)N1c1ccc(Cl)cc1. The van der Waals surface area contributed by atoms with Crippen molar-refractivity contribution in [1.29, 1.82) is 0 Å². The molecule has 2 amide bonds. The normalized spacial score (nSPS) is 20.7. The molecule has 0 spiro atoms. The molecule has 0 bridgehead atoms. The van der Waals surface area contributed by atoms with Crippen molar-refractivity contribution in [1.82, 2.24) is 0 Å². The topological polar surface area (TPSA) is 106 Å². The van der Waals surface area contributed by atoms with Gasteiger partial charge in [-0.15, -0.1) is 0 Å². The van der Waals surface area contributed by atoms with Crippen molar-refractivity contribution in [2.45, 2.75) is 12.1 Å². The van der Waals surface area contributed by atoms with Gasteiger partial charge in [0, 0.05) is 22.7 Å². The molecule has 190 valence electrons. The minimum absolute atomic E-state index is 0.140. The fraction of sp³-hybridized carbons (Fsp3) is 0.111. The van der Waals surface area contributed by atoms with Crippen LogP contribution < -0.4 is 9.96 Å². The second-order valence-corrected chi connectivity index (χ2v) is 9.61. The van der Waals surface area contributed by atoms with E-state index in [0.29, 0.717) is 33.5 Å². The molecule has 4 aromatic rings. The largest absolute Gasteiger partial charge is 0.459 e. The third-order valence-electron chi connectivity index (χ3n) is 6.56. The van der Waals surface area contributed by atoms with E-state index in [2.05, 4.69) is 0 Å². The molecule has 2 aliphatic rings. The lowest BCUT2D eigenvalue weighted by Crippen LogP contribution is -2.37. The molecule has 0 N–H and O–H groups in total. The number of anilines is 2. The van der Waals surface area contributed by atoms with Crippen molar-refractivity contribution in [3.63, 3.8) is 0 Å². The smallest absolute Gasteiger partial charge is 0.270 e. The standard InChI is InChI=1S/C27H17Cl2N3O6/c28-15-6-8-16(9-7-15)30-26(33)23-24(31(38-25(23)27(30)34)17-4-2-1-3-5-17)22-13-12-21(37-22)19-11-10-18(32(35)36)14-20(19)29/h1-14,23-25H/t23-,24+,25+/m0/s1. The Bertz CT molecular complexity index is 1570. The Morgan fingerprint density at radius 1 is 0.842 bits per heavy atom. The van der Waals surface area contributed by atoms with Crippen LogP contribution in [0, 0.1) is 16.0 Å². The summed E-state index contributed by atoms with van der Waals surface area (Å²) in [7, 11) is 0. The van der Waals surface area contributed by atoms with Crippen molar-refractivity contribution < 1.29 is 23.8 Å². The highest BCUT2D eigenvalue weighted by Crippen LogP contribution is 2.48. The molecule has 3 heterocycles. The number of hydrogen-bond donors (Lipinski definition) is 0. The number of para-hydroxylation sites is 1. The molecule has 9 nitrogen and oxygen atoms in total. The van der Waals surface area contributed by atoms with Gasteiger partial charge in [0.2, 0.25) is 5.91 Å². The number of imide groups is 1. The Kier molecular flexibility index (Phi) is 5.91. The molecule has 1 aromatic heterocycles. The predicted octanol–water partition coefficient (Wildman–Crippen LogP) is 6.21. The Labute approximate surface area is 225 Å². The molecule has 2 fully saturated rings. The summed E-state index contributed by atoms with van der Waals surface area (Å²) in [6, 6.07) is 22.1. The average Bonchev–Trinajstić information content (AvgIpc) is 3.60. The van der Waals surface area contributed by atoms with Gasteiger partial charge in [0.25, 0.3) is 11.6 Å². The zero-order valence-electron chi connectivity index (χ0n) is 19.4. The quantitative estimate of drug-likeness (QED) is 0.165. The lowest BCUT2D eigenvalue weighted by Gasteiger charge is -2.27. The maximum atomic E-state index is 13.7. The highest BCUT2D eigenvalue weighted by atomic mass is 35.5. The Balaban J connectivity index is 1.41. The van der Waals surface area contributed by atoms with Crippen LogP contribution in [-0.2, 0) is 14.4 Å². The van der Waals surface area contributed by atoms with E-state index in [1.165, 1.54) is 23.3 Å². The summed E-state index contributed by atoms with van der Waals surface area (Å²) in [5.74, 6) is -1.11. The van der Waals surface area contributed by atoms with E-state index in [-0.39, 0.29) is 10.7 Å². The van der Waals surface area contributed by atoms with Crippen LogP contribution in [0.25, 0.3) is 11.3 Å². The summed E-state index contributed by atoms with van der Waals surface area (Å²) in [4.78, 5) is 44.9. The van der Waals surface area contributed by atoms with Crippen molar-refractivity contribution in [3.8, 4) is 11.3 Å². The molecule has 3 aromatic carbocycles. The fourth-order valence-corrected chi connectivity index (χ4v) is 5.21. The van der Waals surface area contributed by atoms with Gasteiger partial charge in [0.1, 0.15) is 23.5 Å². The summed E-state index contributed by atoms with van der Waals surface area (Å²) in [6.07, 6.45) is -1.07. The van der Waals surface area contributed by atoms with Crippen LogP contribution in [-0.4, -0.2) is 22.8 Å². The number of furan rings is 1. The first-order chi connectivity index (χ1) is 18.3. The number of carbonyl (C=O) groups excluding carboxylic acids is 2. The molecule has 2 saturated heterocycles. The number of hydroxylamine groups is 1. The van der Waals surface area contributed by atoms with Gasteiger partial charge in [-0.1, -0.05) is 41.4 Å². The summed E-state index contributed by atoms with van der Waals surface area (Å²) in [5.41, 5.74) is 1.33. The van der Waals surface area contributed by atoms with Gasteiger partial charge in [0.05, 0.1) is 21.3 Å². The van der Waals surface area contributed by atoms with Gasteiger partial charge in [0.15, 0.2) is 6.10 Å². The molecule has 2 aliphatic heterocycles. The van der Waals surface area contributed by atoms with E-state index in [1.807, 2.05) is 18.2 Å². The molecule has 0 saturated carbocycles. The highest BCUT2D eigenvalue weighted by molar-refractivity contribution is 6.33. The van der Waals surface area contributed by atoms with Crippen LogP contribution in [0.5, 0.6) is 0 Å². The predicted molar refractivity (Wildman–Crippen MR) is 140 cm³/mol. The van der Waals surface area contributed by atoms with E-state index in [0.717, 1.165) is 4.90 Å². The number of hydrogen-bond acceptors (Lipinski definition) is 7. The van der Waals surface area contributed by atoms with Gasteiger partial charge in [-0.2, -0.15) is 0 Å². The van der Waals surface area contributed by atoms with Crippen LogP contribution >= 0.6 is 23.2 Å². The number of rotatable bonds is 5. The second-order valence-electron chi connectivity index (χ2n) is 8.77. The minimum Gasteiger partial charge on any atom is -0.459 e. The number of nitrogens with zero attached hydrogens (tertiary/aromatic N) is 3.